The molecule has 1 aliphatic heterocycles. The minimum absolute atomic E-state index is 0.264. The predicted octanol–water partition coefficient (Wildman–Crippen LogP) is 1.65. The maximum absolute atomic E-state index is 5.44. The van der Waals surface area contributed by atoms with E-state index in [0.29, 0.717) is 17.3 Å². The number of hydrogen-bond acceptors (Lipinski definition) is 5. The minimum Gasteiger partial charge on any atom is -0.454 e. The molecule has 0 saturated carbocycles. The SMILES string of the molecule is Nc1cc(-c2ccc3c(c2)OCO3)no1. The lowest BCUT2D eigenvalue weighted by Gasteiger charge is -1.98. The highest BCUT2D eigenvalue weighted by Gasteiger charge is 2.15. The molecule has 1 aliphatic rings. The van der Waals surface area contributed by atoms with Crippen LogP contribution in [0.4, 0.5) is 5.88 Å². The number of nitrogens with two attached hydrogens (primary N) is 1. The van der Waals surface area contributed by atoms with Crippen LogP contribution in [-0.4, -0.2) is 11.9 Å². The van der Waals surface area contributed by atoms with Gasteiger partial charge < -0.3 is 19.7 Å². The monoisotopic (exact) mass is 204 g/mol. The highest BCUT2D eigenvalue weighted by Crippen LogP contribution is 2.35. The highest BCUT2D eigenvalue weighted by atomic mass is 16.7. The van der Waals surface area contributed by atoms with E-state index < -0.39 is 0 Å². The first-order valence-corrected chi connectivity index (χ1v) is 4.45. The molecule has 2 aromatic rings. The molecular weight excluding hydrogens is 196 g/mol. The third kappa shape index (κ3) is 1.28. The summed E-state index contributed by atoms with van der Waals surface area (Å²) in [5, 5.41) is 3.82. The van der Waals surface area contributed by atoms with Gasteiger partial charge in [-0.3, -0.25) is 0 Å². The number of nitrogen functional groups attached to an aromatic ring is 1. The summed E-state index contributed by atoms with van der Waals surface area (Å²) in [6.07, 6.45) is 0. The second-order valence-corrected chi connectivity index (χ2v) is 3.18. The summed E-state index contributed by atoms with van der Waals surface area (Å²) < 4.78 is 15.3. The van der Waals surface area contributed by atoms with E-state index >= 15 is 0 Å². The molecular formula is C10H8N2O3. The van der Waals surface area contributed by atoms with Crippen LogP contribution in [0.3, 0.4) is 0 Å². The van der Waals surface area contributed by atoms with Gasteiger partial charge in [-0.1, -0.05) is 5.16 Å². The molecule has 2 heterocycles. The zero-order valence-corrected chi connectivity index (χ0v) is 7.77. The van der Waals surface area contributed by atoms with Gasteiger partial charge in [0.05, 0.1) is 0 Å². The molecule has 5 heteroatoms. The summed E-state index contributed by atoms with van der Waals surface area (Å²) >= 11 is 0. The van der Waals surface area contributed by atoms with Gasteiger partial charge in [-0.2, -0.15) is 0 Å². The van der Waals surface area contributed by atoms with Crippen molar-refractivity contribution < 1.29 is 14.0 Å². The lowest BCUT2D eigenvalue weighted by molar-refractivity contribution is 0.174. The number of benzene rings is 1. The zero-order valence-electron chi connectivity index (χ0n) is 7.77. The minimum atomic E-state index is 0.264. The van der Waals surface area contributed by atoms with Crippen molar-refractivity contribution in [2.75, 3.05) is 12.5 Å². The smallest absolute Gasteiger partial charge is 0.231 e. The molecule has 0 amide bonds. The number of aromatic nitrogens is 1. The van der Waals surface area contributed by atoms with Gasteiger partial charge in [-0.25, -0.2) is 0 Å². The van der Waals surface area contributed by atoms with Crippen molar-refractivity contribution in [3.05, 3.63) is 24.3 Å². The molecule has 0 unspecified atom stereocenters. The van der Waals surface area contributed by atoms with E-state index in [1.807, 2.05) is 18.2 Å². The third-order valence-electron chi connectivity index (χ3n) is 2.20. The Morgan fingerprint density at radius 3 is 2.80 bits per heavy atom. The molecule has 0 fully saturated rings. The molecule has 2 N–H and O–H groups in total. The Kier molecular flexibility index (Phi) is 1.58. The summed E-state index contributed by atoms with van der Waals surface area (Å²) in [6.45, 7) is 0.264. The molecule has 5 nitrogen and oxygen atoms in total. The normalized spacial score (nSPS) is 13.1. The molecule has 76 valence electrons. The Morgan fingerprint density at radius 2 is 2.00 bits per heavy atom. The fourth-order valence-electron chi connectivity index (χ4n) is 1.48. The van der Waals surface area contributed by atoms with E-state index in [-0.39, 0.29) is 6.79 Å². The van der Waals surface area contributed by atoms with E-state index in [0.717, 1.165) is 11.3 Å². The second kappa shape index (κ2) is 2.91. The largest absolute Gasteiger partial charge is 0.454 e. The molecule has 0 bridgehead atoms. The summed E-state index contributed by atoms with van der Waals surface area (Å²) in [4.78, 5) is 0. The predicted molar refractivity (Wildman–Crippen MR) is 52.5 cm³/mol. The molecule has 0 aliphatic carbocycles. The molecule has 0 atom stereocenters. The van der Waals surface area contributed by atoms with Crippen LogP contribution in [0.1, 0.15) is 0 Å². The van der Waals surface area contributed by atoms with Crippen molar-refractivity contribution in [2.24, 2.45) is 0 Å². The number of anilines is 1. The van der Waals surface area contributed by atoms with Gasteiger partial charge >= 0.3 is 0 Å². The van der Waals surface area contributed by atoms with Gasteiger partial charge in [0, 0.05) is 11.6 Å². The third-order valence-corrected chi connectivity index (χ3v) is 2.20. The van der Waals surface area contributed by atoms with Crippen molar-refractivity contribution in [1.82, 2.24) is 5.16 Å². The van der Waals surface area contributed by atoms with Crippen LogP contribution in [0.25, 0.3) is 11.3 Å². The van der Waals surface area contributed by atoms with E-state index in [1.165, 1.54) is 0 Å². The Hall–Kier alpha value is -2.17. The van der Waals surface area contributed by atoms with E-state index in [9.17, 15) is 0 Å². The van der Waals surface area contributed by atoms with E-state index in [2.05, 4.69) is 5.16 Å². The van der Waals surface area contributed by atoms with Gasteiger partial charge in [-0.05, 0) is 18.2 Å². The fraction of sp³-hybridized carbons (Fsp3) is 0.100. The second-order valence-electron chi connectivity index (χ2n) is 3.18. The maximum Gasteiger partial charge on any atom is 0.231 e. The molecule has 15 heavy (non-hydrogen) atoms. The zero-order chi connectivity index (χ0) is 10.3. The van der Waals surface area contributed by atoms with Crippen LogP contribution >= 0.6 is 0 Å². The molecule has 1 aromatic heterocycles. The van der Waals surface area contributed by atoms with Crippen molar-refractivity contribution in [3.8, 4) is 22.8 Å². The standard InChI is InChI=1S/C10H8N2O3/c11-10-4-7(12-15-10)6-1-2-8-9(3-6)14-5-13-8/h1-4H,5,11H2. The summed E-state index contributed by atoms with van der Waals surface area (Å²) in [5.74, 6) is 1.76. The van der Waals surface area contributed by atoms with Gasteiger partial charge in [0.1, 0.15) is 5.69 Å². The quantitative estimate of drug-likeness (QED) is 0.764. The first-order valence-electron chi connectivity index (χ1n) is 4.45. The highest BCUT2D eigenvalue weighted by molar-refractivity contribution is 5.65. The topological polar surface area (TPSA) is 70.5 Å². The lowest BCUT2D eigenvalue weighted by atomic mass is 10.1. The van der Waals surface area contributed by atoms with Crippen LogP contribution in [0.5, 0.6) is 11.5 Å². The Balaban J connectivity index is 2.06. The Bertz CT molecular complexity index is 507. The van der Waals surface area contributed by atoms with Gasteiger partial charge in [0.2, 0.25) is 12.7 Å². The summed E-state index contributed by atoms with van der Waals surface area (Å²) in [6, 6.07) is 7.23. The molecule has 0 spiro atoms. The van der Waals surface area contributed by atoms with Gasteiger partial charge in [0.25, 0.3) is 0 Å². The Labute approximate surface area is 85.4 Å². The number of nitrogens with zero attached hydrogens (tertiary/aromatic N) is 1. The number of ether oxygens (including phenoxy) is 2. The molecule has 0 saturated heterocycles. The average Bonchev–Trinajstić information content (AvgIpc) is 2.84. The van der Waals surface area contributed by atoms with Crippen LogP contribution in [-0.2, 0) is 0 Å². The van der Waals surface area contributed by atoms with Gasteiger partial charge in [0.15, 0.2) is 11.5 Å². The lowest BCUT2D eigenvalue weighted by Crippen LogP contribution is -1.92. The van der Waals surface area contributed by atoms with Crippen LogP contribution in [0, 0.1) is 0 Å². The van der Waals surface area contributed by atoms with Gasteiger partial charge in [-0.15, -0.1) is 0 Å². The van der Waals surface area contributed by atoms with Crippen molar-refractivity contribution in [3.63, 3.8) is 0 Å². The maximum atomic E-state index is 5.44. The molecule has 3 rings (SSSR count). The number of hydrogen-bond donors (Lipinski definition) is 1. The number of fused-ring (bicyclic) bond motifs is 1. The first-order chi connectivity index (χ1) is 7.33. The van der Waals surface area contributed by atoms with Crippen LogP contribution in [0.15, 0.2) is 28.8 Å². The van der Waals surface area contributed by atoms with E-state index in [1.54, 1.807) is 6.07 Å². The summed E-state index contributed by atoms with van der Waals surface area (Å²) in [7, 11) is 0. The molecule has 1 aromatic carbocycles. The Morgan fingerprint density at radius 1 is 1.13 bits per heavy atom. The number of rotatable bonds is 1. The van der Waals surface area contributed by atoms with Crippen LogP contribution in [0.2, 0.25) is 0 Å². The van der Waals surface area contributed by atoms with E-state index in [4.69, 9.17) is 19.7 Å². The van der Waals surface area contributed by atoms with Crippen molar-refractivity contribution >= 4 is 5.88 Å². The van der Waals surface area contributed by atoms with Crippen molar-refractivity contribution in [1.29, 1.82) is 0 Å². The average molecular weight is 204 g/mol. The fourth-order valence-corrected chi connectivity index (χ4v) is 1.48. The first kappa shape index (κ1) is 8.16. The summed E-state index contributed by atoms with van der Waals surface area (Å²) in [5.41, 5.74) is 7.02. The van der Waals surface area contributed by atoms with Crippen molar-refractivity contribution in [2.45, 2.75) is 0 Å². The van der Waals surface area contributed by atoms with Crippen LogP contribution < -0.4 is 15.2 Å². The molecule has 0 radical (unpaired) electrons.